The van der Waals surface area contributed by atoms with Crippen LogP contribution < -0.4 is 5.32 Å². The molecule has 1 aliphatic heterocycles. The van der Waals surface area contributed by atoms with Gasteiger partial charge in [0.1, 0.15) is 0 Å². The molecule has 1 saturated carbocycles. The zero-order chi connectivity index (χ0) is 18.9. The van der Waals surface area contributed by atoms with Crippen molar-refractivity contribution in [2.24, 2.45) is 4.99 Å². The number of fused-ring (bicyclic) bond motifs is 1. The molecule has 27 heavy (non-hydrogen) atoms. The lowest BCUT2D eigenvalue weighted by Gasteiger charge is -2.45. The van der Waals surface area contributed by atoms with E-state index < -0.39 is 6.09 Å². The molecule has 1 amide bonds. The van der Waals surface area contributed by atoms with Crippen LogP contribution in [0.4, 0.5) is 10.5 Å². The molecule has 5 heteroatoms. The van der Waals surface area contributed by atoms with Gasteiger partial charge in [0.25, 0.3) is 0 Å². The first-order valence-corrected chi connectivity index (χ1v) is 9.88. The summed E-state index contributed by atoms with van der Waals surface area (Å²) in [5.41, 5.74) is 5.54. The van der Waals surface area contributed by atoms with E-state index in [1.807, 2.05) is 24.3 Å². The summed E-state index contributed by atoms with van der Waals surface area (Å²) in [7, 11) is 0. The van der Waals surface area contributed by atoms with Crippen LogP contribution in [0.1, 0.15) is 42.9 Å². The summed E-state index contributed by atoms with van der Waals surface area (Å²) in [4.78, 5) is 16.8. The van der Waals surface area contributed by atoms with E-state index in [4.69, 9.17) is 21.3 Å². The molecule has 0 atom stereocenters. The Kier molecular flexibility index (Phi) is 4.92. The van der Waals surface area contributed by atoms with Gasteiger partial charge in [-0.3, -0.25) is 10.3 Å². The Labute approximate surface area is 164 Å². The monoisotopic (exact) mass is 382 g/mol. The number of carbonyl (C=O) groups is 1. The number of halogens is 1. The maximum atomic E-state index is 11.8. The molecule has 0 saturated heterocycles. The highest BCUT2D eigenvalue weighted by Gasteiger charge is 2.45. The Morgan fingerprint density at radius 2 is 2.00 bits per heavy atom. The Morgan fingerprint density at radius 1 is 1.22 bits per heavy atom. The summed E-state index contributed by atoms with van der Waals surface area (Å²) in [6, 6.07) is 14.2. The number of hydrogen-bond acceptors (Lipinski definition) is 3. The lowest BCUT2D eigenvalue weighted by atomic mass is 9.59. The molecule has 2 aromatic carbocycles. The predicted molar refractivity (Wildman–Crippen MR) is 109 cm³/mol. The zero-order valence-electron chi connectivity index (χ0n) is 15.4. The fourth-order valence-corrected chi connectivity index (χ4v) is 4.25. The van der Waals surface area contributed by atoms with Gasteiger partial charge in [0, 0.05) is 28.2 Å². The summed E-state index contributed by atoms with van der Waals surface area (Å²) >= 11 is 6.10. The zero-order valence-corrected chi connectivity index (χ0v) is 16.2. The first-order valence-electron chi connectivity index (χ1n) is 9.50. The van der Waals surface area contributed by atoms with Crippen molar-refractivity contribution in [3.8, 4) is 0 Å². The maximum Gasteiger partial charge on any atom is 0.411 e. The number of aliphatic imine (C=N–C) groups is 1. The van der Waals surface area contributed by atoms with E-state index in [0.29, 0.717) is 6.61 Å². The van der Waals surface area contributed by atoms with Gasteiger partial charge in [0.05, 0.1) is 12.3 Å². The van der Waals surface area contributed by atoms with Gasteiger partial charge >= 0.3 is 6.09 Å². The average molecular weight is 383 g/mol. The van der Waals surface area contributed by atoms with Crippen LogP contribution in [0.5, 0.6) is 0 Å². The first-order chi connectivity index (χ1) is 13.1. The number of carbonyl (C=O) groups excluding carboxylic acids is 1. The van der Waals surface area contributed by atoms with Gasteiger partial charge in [-0.05, 0) is 61.6 Å². The van der Waals surface area contributed by atoms with Gasteiger partial charge in [-0.1, -0.05) is 36.2 Å². The Bertz CT molecular complexity index is 886. The highest BCUT2D eigenvalue weighted by molar-refractivity contribution is 6.30. The van der Waals surface area contributed by atoms with E-state index >= 15 is 0 Å². The largest absolute Gasteiger partial charge is 0.450 e. The van der Waals surface area contributed by atoms with Crippen LogP contribution >= 0.6 is 11.6 Å². The molecule has 0 unspecified atom stereocenters. The van der Waals surface area contributed by atoms with Crippen molar-refractivity contribution >= 4 is 29.1 Å². The second kappa shape index (κ2) is 7.35. The molecule has 2 aromatic rings. The third-order valence-electron chi connectivity index (χ3n) is 5.60. The molecule has 0 radical (unpaired) electrons. The van der Waals surface area contributed by atoms with Crippen molar-refractivity contribution in [2.75, 3.05) is 18.5 Å². The van der Waals surface area contributed by atoms with E-state index in [2.05, 4.69) is 23.5 Å². The fourth-order valence-electron chi connectivity index (χ4n) is 4.12. The number of ether oxygens (including phenoxy) is 1. The van der Waals surface area contributed by atoms with Crippen LogP contribution in [-0.4, -0.2) is 25.0 Å². The molecular formula is C22H23ClN2O2. The average Bonchev–Trinajstić information content (AvgIpc) is 2.63. The number of benzene rings is 2. The van der Waals surface area contributed by atoms with Crippen LogP contribution in [0.25, 0.3) is 0 Å². The lowest BCUT2D eigenvalue weighted by molar-refractivity contribution is 0.168. The molecule has 0 bridgehead atoms. The van der Waals surface area contributed by atoms with Crippen LogP contribution in [0, 0.1) is 0 Å². The summed E-state index contributed by atoms with van der Waals surface area (Å²) in [6.45, 7) is 2.95. The quantitative estimate of drug-likeness (QED) is 0.772. The first kappa shape index (κ1) is 18.1. The van der Waals surface area contributed by atoms with E-state index in [1.54, 1.807) is 6.92 Å². The standard InChI is InChI=1S/C22H23ClN2O2/c1-2-27-21(26)25-18-9-4-15-10-13-24-20(19(15)14-18)22(11-3-12-22)16-5-7-17(23)8-6-16/h4-9,14H,2-3,10-13H2,1H3,(H,25,26). The summed E-state index contributed by atoms with van der Waals surface area (Å²) < 4.78 is 5.00. The van der Waals surface area contributed by atoms with E-state index in [0.717, 1.165) is 47.8 Å². The number of amides is 1. The van der Waals surface area contributed by atoms with Crippen LogP contribution in [-0.2, 0) is 16.6 Å². The fraction of sp³-hybridized carbons (Fsp3) is 0.364. The number of hydrogen-bond donors (Lipinski definition) is 1. The van der Waals surface area contributed by atoms with E-state index in [-0.39, 0.29) is 5.41 Å². The van der Waals surface area contributed by atoms with Gasteiger partial charge in [-0.2, -0.15) is 0 Å². The molecule has 0 aromatic heterocycles. The van der Waals surface area contributed by atoms with Crippen LogP contribution in [0.3, 0.4) is 0 Å². The molecule has 1 fully saturated rings. The number of nitrogens with zero attached hydrogens (tertiary/aromatic N) is 1. The van der Waals surface area contributed by atoms with Crippen molar-refractivity contribution < 1.29 is 9.53 Å². The second-order valence-corrected chi connectivity index (χ2v) is 7.58. The normalized spacial score (nSPS) is 17.3. The summed E-state index contributed by atoms with van der Waals surface area (Å²) in [5.74, 6) is 0. The molecule has 0 spiro atoms. The number of rotatable bonds is 4. The smallest absolute Gasteiger partial charge is 0.411 e. The SMILES string of the molecule is CCOC(=O)Nc1ccc2c(c1)C(C1(c3ccc(Cl)cc3)CCC1)=NCC2. The van der Waals surface area contributed by atoms with Gasteiger partial charge in [-0.15, -0.1) is 0 Å². The van der Waals surface area contributed by atoms with Crippen molar-refractivity contribution in [3.63, 3.8) is 0 Å². The molecule has 1 N–H and O–H groups in total. The minimum absolute atomic E-state index is 0.0533. The molecule has 140 valence electrons. The minimum atomic E-state index is -0.428. The Morgan fingerprint density at radius 3 is 2.67 bits per heavy atom. The van der Waals surface area contributed by atoms with Crippen molar-refractivity contribution in [2.45, 2.75) is 38.0 Å². The maximum absolute atomic E-state index is 11.8. The Balaban J connectivity index is 1.71. The highest BCUT2D eigenvalue weighted by Crippen LogP contribution is 2.48. The molecule has 2 aliphatic rings. The Hall–Kier alpha value is -2.33. The third-order valence-corrected chi connectivity index (χ3v) is 5.85. The van der Waals surface area contributed by atoms with Gasteiger partial charge in [0.15, 0.2) is 0 Å². The lowest BCUT2D eigenvalue weighted by Crippen LogP contribution is -2.44. The van der Waals surface area contributed by atoms with Crippen molar-refractivity contribution in [1.82, 2.24) is 0 Å². The van der Waals surface area contributed by atoms with E-state index in [9.17, 15) is 4.79 Å². The van der Waals surface area contributed by atoms with Gasteiger partial charge in [-0.25, -0.2) is 4.79 Å². The molecule has 4 rings (SSSR count). The van der Waals surface area contributed by atoms with E-state index in [1.165, 1.54) is 17.5 Å². The minimum Gasteiger partial charge on any atom is -0.450 e. The molecular weight excluding hydrogens is 360 g/mol. The molecule has 1 heterocycles. The van der Waals surface area contributed by atoms with Crippen LogP contribution in [0.15, 0.2) is 47.5 Å². The van der Waals surface area contributed by atoms with Gasteiger partial charge < -0.3 is 4.74 Å². The summed E-state index contributed by atoms with van der Waals surface area (Å²) in [5, 5.41) is 3.56. The molecule has 1 aliphatic carbocycles. The number of nitrogens with one attached hydrogen (secondary N) is 1. The third kappa shape index (κ3) is 3.34. The van der Waals surface area contributed by atoms with Crippen LogP contribution in [0.2, 0.25) is 5.02 Å². The number of anilines is 1. The predicted octanol–water partition coefficient (Wildman–Crippen LogP) is 5.38. The summed E-state index contributed by atoms with van der Waals surface area (Å²) in [6.07, 6.45) is 3.86. The molecule has 4 nitrogen and oxygen atoms in total. The highest BCUT2D eigenvalue weighted by atomic mass is 35.5. The van der Waals surface area contributed by atoms with Gasteiger partial charge in [0.2, 0.25) is 0 Å². The van der Waals surface area contributed by atoms with Crippen molar-refractivity contribution in [3.05, 3.63) is 64.2 Å². The second-order valence-electron chi connectivity index (χ2n) is 7.14. The van der Waals surface area contributed by atoms with Crippen molar-refractivity contribution in [1.29, 1.82) is 0 Å². The topological polar surface area (TPSA) is 50.7 Å².